The van der Waals surface area contributed by atoms with Crippen molar-refractivity contribution in [3.8, 4) is 28.4 Å². The minimum atomic E-state index is -0.373. The number of nitrogens with zero attached hydrogens (tertiary/aromatic N) is 1. The van der Waals surface area contributed by atoms with Crippen LogP contribution in [-0.4, -0.2) is 72.0 Å². The van der Waals surface area contributed by atoms with Crippen LogP contribution in [0.5, 0.6) is 17.2 Å². The van der Waals surface area contributed by atoms with Gasteiger partial charge in [-0.25, -0.2) is 0 Å². The Balaban J connectivity index is 1.00. The number of fused-ring (bicyclic) bond motifs is 2. The first kappa shape index (κ1) is 29.9. The smallest absolute Gasteiger partial charge is 0.257 e. The predicted octanol–water partition coefficient (Wildman–Crippen LogP) is 5.88. The number of hydrogen-bond acceptors (Lipinski definition) is 9. The van der Waals surface area contributed by atoms with Crippen molar-refractivity contribution in [3.05, 3.63) is 90.0 Å². The van der Waals surface area contributed by atoms with Gasteiger partial charge in [-0.15, -0.1) is 0 Å². The van der Waals surface area contributed by atoms with Crippen LogP contribution in [0.2, 0.25) is 0 Å². The Morgan fingerprint density at radius 2 is 1.54 bits per heavy atom. The third-order valence-corrected chi connectivity index (χ3v) is 8.30. The van der Waals surface area contributed by atoms with E-state index >= 15 is 0 Å². The van der Waals surface area contributed by atoms with Gasteiger partial charge in [-0.3, -0.25) is 4.79 Å². The Kier molecular flexibility index (Phi) is 8.91. The summed E-state index contributed by atoms with van der Waals surface area (Å²) >= 11 is 0. The van der Waals surface area contributed by atoms with Crippen LogP contribution >= 0.6 is 0 Å². The number of ether oxygens (including phenoxy) is 6. The van der Waals surface area contributed by atoms with E-state index < -0.39 is 0 Å². The number of amides is 1. The zero-order chi connectivity index (χ0) is 31.3. The minimum Gasteiger partial charge on any atom is -0.493 e. The molecule has 4 aromatic carbocycles. The second kappa shape index (κ2) is 13.7. The van der Waals surface area contributed by atoms with E-state index in [1.807, 2.05) is 60.7 Å². The van der Waals surface area contributed by atoms with Crippen LogP contribution in [0.1, 0.15) is 15.9 Å². The Labute approximate surface area is 268 Å². The monoisotopic (exact) mass is 623 g/mol. The second-order valence-corrected chi connectivity index (χ2v) is 11.3. The molecule has 2 N–H and O–H groups in total. The number of carbonyl (C=O) groups is 1. The van der Waals surface area contributed by atoms with Crippen LogP contribution in [0.4, 0.5) is 22.7 Å². The summed E-state index contributed by atoms with van der Waals surface area (Å²) in [5.41, 5.74) is 6.95. The van der Waals surface area contributed by atoms with Crippen LogP contribution in [0.3, 0.4) is 0 Å². The quantitative estimate of drug-likeness (QED) is 0.224. The maximum absolute atomic E-state index is 13.3. The molecule has 0 unspecified atom stereocenters. The standard InChI is InChI=1S/C36H37N3O7/c1-41-34-22-26(4-11-33(34)46-23-35-44-18-19-45-35)25-3-9-29-31(21-25)37-30-10-2-24(20-32(30)38-36(29)40)12-15-43-28-7-5-27(6-8-28)39-13-16-42-17-14-39/h2-11,20-22,35,37H,12-19,23H2,1H3,(H,38,40). The summed E-state index contributed by atoms with van der Waals surface area (Å²) in [6.07, 6.45) is 0.329. The highest BCUT2D eigenvalue weighted by molar-refractivity contribution is 6.12. The predicted molar refractivity (Wildman–Crippen MR) is 176 cm³/mol. The van der Waals surface area contributed by atoms with Crippen LogP contribution in [-0.2, 0) is 20.6 Å². The molecule has 1 amide bonds. The molecule has 2 saturated heterocycles. The molecule has 2 fully saturated rings. The van der Waals surface area contributed by atoms with Gasteiger partial charge in [0.25, 0.3) is 5.91 Å². The lowest BCUT2D eigenvalue weighted by molar-refractivity contribution is -0.0687. The maximum Gasteiger partial charge on any atom is 0.257 e. The van der Waals surface area contributed by atoms with Crippen molar-refractivity contribution in [2.45, 2.75) is 12.7 Å². The second-order valence-electron chi connectivity index (χ2n) is 11.3. The van der Waals surface area contributed by atoms with E-state index in [4.69, 9.17) is 28.4 Å². The van der Waals surface area contributed by atoms with Gasteiger partial charge in [0.05, 0.1) is 62.8 Å². The van der Waals surface area contributed by atoms with Crippen molar-refractivity contribution < 1.29 is 33.2 Å². The molecule has 10 heteroatoms. The van der Waals surface area contributed by atoms with Gasteiger partial charge in [0.2, 0.25) is 0 Å². The number of nitrogens with one attached hydrogen (secondary N) is 2. The summed E-state index contributed by atoms with van der Waals surface area (Å²) in [6.45, 7) is 5.28. The Bertz CT molecular complexity index is 1680. The highest BCUT2D eigenvalue weighted by Crippen LogP contribution is 2.38. The van der Waals surface area contributed by atoms with Crippen LogP contribution in [0.25, 0.3) is 11.1 Å². The van der Waals surface area contributed by atoms with Gasteiger partial charge < -0.3 is 44.0 Å². The molecule has 0 atom stereocenters. The lowest BCUT2D eigenvalue weighted by Crippen LogP contribution is -2.36. The summed E-state index contributed by atoms with van der Waals surface area (Å²) in [4.78, 5) is 15.6. The molecule has 4 aromatic rings. The average Bonchev–Trinajstić information content (AvgIpc) is 3.58. The lowest BCUT2D eigenvalue weighted by Gasteiger charge is -2.28. The van der Waals surface area contributed by atoms with E-state index in [2.05, 4.69) is 33.7 Å². The van der Waals surface area contributed by atoms with E-state index in [1.54, 1.807) is 7.11 Å². The molecule has 3 heterocycles. The van der Waals surface area contributed by atoms with Crippen molar-refractivity contribution in [1.82, 2.24) is 0 Å². The largest absolute Gasteiger partial charge is 0.493 e. The van der Waals surface area contributed by atoms with E-state index in [-0.39, 0.29) is 18.8 Å². The first-order valence-electron chi connectivity index (χ1n) is 15.6. The first-order chi connectivity index (χ1) is 22.6. The Morgan fingerprint density at radius 3 is 2.35 bits per heavy atom. The number of morpholine rings is 1. The lowest BCUT2D eigenvalue weighted by atomic mass is 10.0. The molecular weight excluding hydrogens is 586 g/mol. The molecule has 7 rings (SSSR count). The highest BCUT2D eigenvalue weighted by Gasteiger charge is 2.21. The number of benzene rings is 4. The fraction of sp³-hybridized carbons (Fsp3) is 0.306. The van der Waals surface area contributed by atoms with Crippen molar-refractivity contribution in [2.75, 3.05) is 75.4 Å². The van der Waals surface area contributed by atoms with Gasteiger partial charge >= 0.3 is 0 Å². The minimum absolute atomic E-state index is 0.167. The molecular formula is C36H37N3O7. The molecule has 0 bridgehead atoms. The van der Waals surface area contributed by atoms with Crippen molar-refractivity contribution >= 4 is 28.7 Å². The van der Waals surface area contributed by atoms with Crippen LogP contribution < -0.4 is 29.7 Å². The van der Waals surface area contributed by atoms with Gasteiger partial charge in [-0.2, -0.15) is 0 Å². The average molecular weight is 624 g/mol. The van der Waals surface area contributed by atoms with E-state index in [1.165, 1.54) is 5.69 Å². The van der Waals surface area contributed by atoms with Crippen molar-refractivity contribution in [1.29, 1.82) is 0 Å². The molecule has 0 aromatic heterocycles. The number of methoxy groups -OCH3 is 1. The number of carbonyl (C=O) groups excluding carboxylic acids is 1. The summed E-state index contributed by atoms with van der Waals surface area (Å²) in [7, 11) is 1.61. The molecule has 3 aliphatic heterocycles. The highest BCUT2D eigenvalue weighted by atomic mass is 16.7. The zero-order valence-corrected chi connectivity index (χ0v) is 25.8. The summed E-state index contributed by atoms with van der Waals surface area (Å²) in [5, 5.41) is 6.54. The Hall–Kier alpha value is -4.77. The van der Waals surface area contributed by atoms with Crippen molar-refractivity contribution in [3.63, 3.8) is 0 Å². The summed E-state index contributed by atoms with van der Waals surface area (Å²) in [6, 6.07) is 25.8. The number of anilines is 4. The molecule has 0 aliphatic carbocycles. The van der Waals surface area contributed by atoms with Gasteiger partial charge in [-0.05, 0) is 77.4 Å². The molecule has 238 valence electrons. The third kappa shape index (κ3) is 6.74. The van der Waals surface area contributed by atoms with E-state index in [0.717, 1.165) is 65.8 Å². The molecule has 10 nitrogen and oxygen atoms in total. The van der Waals surface area contributed by atoms with Crippen LogP contribution in [0, 0.1) is 0 Å². The molecule has 3 aliphatic rings. The summed E-state index contributed by atoms with van der Waals surface area (Å²) in [5.74, 6) is 1.87. The van der Waals surface area contributed by atoms with Gasteiger partial charge in [0.15, 0.2) is 17.8 Å². The van der Waals surface area contributed by atoms with Crippen molar-refractivity contribution in [2.24, 2.45) is 0 Å². The molecule has 0 spiro atoms. The fourth-order valence-electron chi connectivity index (χ4n) is 5.81. The zero-order valence-electron chi connectivity index (χ0n) is 25.8. The number of rotatable bonds is 10. The first-order valence-corrected chi connectivity index (χ1v) is 15.6. The topological polar surface area (TPSA) is 99.8 Å². The van der Waals surface area contributed by atoms with Crippen LogP contribution in [0.15, 0.2) is 78.9 Å². The molecule has 0 saturated carbocycles. The number of hydrogen-bond donors (Lipinski definition) is 2. The molecule has 0 radical (unpaired) electrons. The van der Waals surface area contributed by atoms with E-state index in [9.17, 15) is 4.79 Å². The Morgan fingerprint density at radius 1 is 0.761 bits per heavy atom. The fourth-order valence-corrected chi connectivity index (χ4v) is 5.81. The van der Waals surface area contributed by atoms with E-state index in [0.29, 0.717) is 43.3 Å². The van der Waals surface area contributed by atoms with Gasteiger partial charge in [0, 0.05) is 25.2 Å². The van der Waals surface area contributed by atoms with Gasteiger partial charge in [0.1, 0.15) is 12.4 Å². The summed E-state index contributed by atoms with van der Waals surface area (Å²) < 4.78 is 33.9. The maximum atomic E-state index is 13.3. The third-order valence-electron chi connectivity index (χ3n) is 8.30. The van der Waals surface area contributed by atoms with Gasteiger partial charge in [-0.1, -0.05) is 18.2 Å². The molecule has 46 heavy (non-hydrogen) atoms. The normalized spacial score (nSPS) is 16.1. The SMILES string of the molecule is COc1cc(-c2ccc3c(c2)Nc2ccc(CCOc4ccc(N5CCOCC5)cc4)cc2NC3=O)ccc1OCC1OCCO1.